The zero-order valence-corrected chi connectivity index (χ0v) is 39.2. The summed E-state index contributed by atoms with van der Waals surface area (Å²) in [6.07, 6.45) is 43.8. The lowest BCUT2D eigenvalue weighted by atomic mass is 10.0. The van der Waals surface area contributed by atoms with Gasteiger partial charge in [0.1, 0.15) is 19.8 Å². The molecule has 10 heteroatoms. The van der Waals surface area contributed by atoms with Gasteiger partial charge in [-0.15, -0.1) is 0 Å². The average Bonchev–Trinajstić information content (AvgIpc) is 3.15. The predicted octanol–water partition coefficient (Wildman–Crippen LogP) is 14.0. The third kappa shape index (κ3) is 44.4. The van der Waals surface area contributed by atoms with E-state index < -0.39 is 26.5 Å². The quantitative estimate of drug-likeness (QED) is 0.0280. The van der Waals surface area contributed by atoms with E-state index in [4.69, 9.17) is 18.5 Å². The van der Waals surface area contributed by atoms with Crippen LogP contribution in [0.25, 0.3) is 0 Å². The fraction of sp³-hybridized carbons (Fsp3) is 0.957. The van der Waals surface area contributed by atoms with Gasteiger partial charge in [-0.1, -0.05) is 213 Å². The van der Waals surface area contributed by atoms with Crippen LogP contribution < -0.4 is 0 Å². The molecule has 1 unspecified atom stereocenters. The first-order valence-corrected chi connectivity index (χ1v) is 25.8. The minimum atomic E-state index is -4.34. The van der Waals surface area contributed by atoms with Gasteiger partial charge in [0.05, 0.1) is 27.7 Å². The van der Waals surface area contributed by atoms with Gasteiger partial charge in [0, 0.05) is 12.8 Å². The van der Waals surface area contributed by atoms with Gasteiger partial charge in [-0.2, -0.15) is 0 Å². The molecule has 0 aromatic rings. The second kappa shape index (κ2) is 40.4. The SMILES string of the molecule is CCCCCCCCCCCCCCCCCCCCCCCCCCCCCCCCCCC(=O)OC[C@H](COP(=O)(O)OCC[N+](C)(C)C)OC(=O)CCC. The van der Waals surface area contributed by atoms with Crippen LogP contribution in [0, 0.1) is 0 Å². The Kier molecular flexibility index (Phi) is 39.7. The van der Waals surface area contributed by atoms with Gasteiger partial charge >= 0.3 is 19.8 Å². The Morgan fingerprint density at radius 3 is 1.16 bits per heavy atom. The molecule has 340 valence electrons. The summed E-state index contributed by atoms with van der Waals surface area (Å²) in [5.41, 5.74) is 0. The van der Waals surface area contributed by atoms with E-state index in [0.29, 0.717) is 23.9 Å². The summed E-state index contributed by atoms with van der Waals surface area (Å²) in [5, 5.41) is 0. The number of phosphoric ester groups is 1. The highest BCUT2D eigenvalue weighted by molar-refractivity contribution is 7.47. The standard InChI is InChI=1S/C47H94NO8P/c1-6-8-9-10-11-12-13-14-15-16-17-18-19-20-21-22-23-24-25-26-27-28-29-30-31-32-33-34-35-36-37-38-40-46(49)53-43-45(56-47(50)39-7-2)44-55-57(51,52)54-42-41-48(3,4)5/h45H,6-44H2,1-5H3/p+1/t45-/m1/s1. The van der Waals surface area contributed by atoms with Gasteiger partial charge in [-0.3, -0.25) is 18.6 Å². The molecule has 0 radical (unpaired) electrons. The molecule has 0 rings (SSSR count). The van der Waals surface area contributed by atoms with Crippen molar-refractivity contribution in [3.63, 3.8) is 0 Å². The summed E-state index contributed by atoms with van der Waals surface area (Å²) in [6, 6.07) is 0. The van der Waals surface area contributed by atoms with Gasteiger partial charge < -0.3 is 18.9 Å². The van der Waals surface area contributed by atoms with Gasteiger partial charge in [0.2, 0.25) is 0 Å². The van der Waals surface area contributed by atoms with E-state index in [-0.39, 0.29) is 25.6 Å². The Labute approximate surface area is 353 Å². The summed E-state index contributed by atoms with van der Waals surface area (Å²) in [4.78, 5) is 34.4. The Bertz CT molecular complexity index is 943. The van der Waals surface area contributed by atoms with E-state index in [1.54, 1.807) is 0 Å². The number of likely N-dealkylation sites (N-methyl/N-ethyl adjacent to an activating group) is 1. The highest BCUT2D eigenvalue weighted by Gasteiger charge is 2.27. The molecular weight excluding hydrogens is 737 g/mol. The van der Waals surface area contributed by atoms with Crippen molar-refractivity contribution in [1.82, 2.24) is 0 Å². The predicted molar refractivity (Wildman–Crippen MR) is 238 cm³/mol. The molecule has 2 atom stereocenters. The number of carbonyl (C=O) groups excluding carboxylic acids is 2. The Balaban J connectivity index is 3.58. The number of ether oxygens (including phenoxy) is 2. The molecular formula is C47H95NO8P+. The smallest absolute Gasteiger partial charge is 0.462 e. The van der Waals surface area contributed by atoms with Crippen molar-refractivity contribution in [2.75, 3.05) is 47.5 Å². The second-order valence-corrected chi connectivity index (χ2v) is 19.3. The number of phosphoric acid groups is 1. The maximum atomic E-state index is 12.3. The molecule has 0 aliphatic heterocycles. The fourth-order valence-corrected chi connectivity index (χ4v) is 7.86. The lowest BCUT2D eigenvalue weighted by Crippen LogP contribution is -2.37. The van der Waals surface area contributed by atoms with E-state index in [2.05, 4.69) is 6.92 Å². The van der Waals surface area contributed by atoms with Gasteiger partial charge in [0.25, 0.3) is 0 Å². The summed E-state index contributed by atoms with van der Waals surface area (Å²) >= 11 is 0. The summed E-state index contributed by atoms with van der Waals surface area (Å²) < 4.78 is 33.6. The molecule has 0 saturated carbocycles. The fourth-order valence-electron chi connectivity index (χ4n) is 7.11. The average molecular weight is 833 g/mol. The van der Waals surface area contributed by atoms with Crippen molar-refractivity contribution < 1.29 is 42.1 Å². The van der Waals surface area contributed by atoms with Gasteiger partial charge in [-0.05, 0) is 12.8 Å². The number of nitrogens with zero attached hydrogens (tertiary/aromatic N) is 1. The maximum absolute atomic E-state index is 12.3. The van der Waals surface area contributed by atoms with Gasteiger partial charge in [-0.25, -0.2) is 4.57 Å². The van der Waals surface area contributed by atoms with Crippen molar-refractivity contribution >= 4 is 19.8 Å². The number of carbonyl (C=O) groups is 2. The van der Waals surface area contributed by atoms with Crippen LogP contribution in [0.3, 0.4) is 0 Å². The van der Waals surface area contributed by atoms with Gasteiger partial charge in [0.15, 0.2) is 6.10 Å². The Morgan fingerprint density at radius 1 is 0.474 bits per heavy atom. The maximum Gasteiger partial charge on any atom is 0.472 e. The molecule has 0 saturated heterocycles. The largest absolute Gasteiger partial charge is 0.472 e. The lowest BCUT2D eigenvalue weighted by Gasteiger charge is -2.24. The van der Waals surface area contributed by atoms with Crippen molar-refractivity contribution in [1.29, 1.82) is 0 Å². The second-order valence-electron chi connectivity index (χ2n) is 17.9. The Hall–Kier alpha value is -0.990. The van der Waals surface area contributed by atoms with Crippen molar-refractivity contribution in [2.24, 2.45) is 0 Å². The summed E-state index contributed by atoms with van der Waals surface area (Å²) in [6.45, 7) is 4.06. The third-order valence-electron chi connectivity index (χ3n) is 10.9. The van der Waals surface area contributed by atoms with Crippen LogP contribution in [-0.4, -0.2) is 74.9 Å². The topological polar surface area (TPSA) is 108 Å². The van der Waals surface area contributed by atoms with E-state index in [9.17, 15) is 19.0 Å². The third-order valence-corrected chi connectivity index (χ3v) is 11.8. The zero-order valence-electron chi connectivity index (χ0n) is 38.4. The van der Waals surface area contributed by atoms with E-state index in [1.165, 1.54) is 186 Å². The number of hydrogen-bond acceptors (Lipinski definition) is 7. The normalized spacial score (nSPS) is 13.4. The highest BCUT2D eigenvalue weighted by atomic mass is 31.2. The van der Waals surface area contributed by atoms with E-state index in [0.717, 1.165) is 19.3 Å². The van der Waals surface area contributed by atoms with Crippen molar-refractivity contribution in [2.45, 2.75) is 245 Å². The van der Waals surface area contributed by atoms with Crippen molar-refractivity contribution in [3.8, 4) is 0 Å². The van der Waals surface area contributed by atoms with E-state index >= 15 is 0 Å². The monoisotopic (exact) mass is 833 g/mol. The van der Waals surface area contributed by atoms with Crippen LogP contribution in [0.5, 0.6) is 0 Å². The Morgan fingerprint density at radius 2 is 0.825 bits per heavy atom. The number of esters is 2. The summed E-state index contributed by atoms with van der Waals surface area (Å²) in [7, 11) is 1.48. The first-order valence-electron chi connectivity index (χ1n) is 24.3. The molecule has 0 bridgehead atoms. The molecule has 57 heavy (non-hydrogen) atoms. The van der Waals surface area contributed by atoms with Crippen LogP contribution >= 0.6 is 7.82 Å². The highest BCUT2D eigenvalue weighted by Crippen LogP contribution is 2.43. The lowest BCUT2D eigenvalue weighted by molar-refractivity contribution is -0.870. The van der Waals surface area contributed by atoms with Crippen LogP contribution in [0.2, 0.25) is 0 Å². The first kappa shape index (κ1) is 56.0. The molecule has 9 nitrogen and oxygen atoms in total. The molecule has 0 aromatic heterocycles. The molecule has 1 N–H and O–H groups in total. The van der Waals surface area contributed by atoms with Crippen LogP contribution in [0.4, 0.5) is 0 Å². The minimum absolute atomic E-state index is 0.0340. The summed E-state index contributed by atoms with van der Waals surface area (Å²) in [5.74, 6) is -0.847. The molecule has 0 heterocycles. The molecule has 0 fully saturated rings. The minimum Gasteiger partial charge on any atom is -0.462 e. The number of quaternary nitrogens is 1. The molecule has 0 aliphatic carbocycles. The number of hydrogen-bond donors (Lipinski definition) is 1. The molecule has 0 spiro atoms. The first-order chi connectivity index (χ1) is 27.5. The number of rotatable bonds is 45. The molecule has 0 aromatic carbocycles. The zero-order chi connectivity index (χ0) is 42.1. The molecule has 0 aliphatic rings. The van der Waals surface area contributed by atoms with Crippen LogP contribution in [0.1, 0.15) is 239 Å². The van der Waals surface area contributed by atoms with Crippen LogP contribution in [-0.2, 0) is 32.7 Å². The van der Waals surface area contributed by atoms with Crippen LogP contribution in [0.15, 0.2) is 0 Å². The van der Waals surface area contributed by atoms with E-state index in [1.807, 2.05) is 28.1 Å². The number of unbranched alkanes of at least 4 members (excludes halogenated alkanes) is 31. The molecule has 0 amide bonds. The van der Waals surface area contributed by atoms with Crippen molar-refractivity contribution in [3.05, 3.63) is 0 Å².